The Morgan fingerprint density at radius 3 is 2.23 bits per heavy atom. The molecule has 0 spiro atoms. The molecule has 0 aliphatic carbocycles. The highest BCUT2D eigenvalue weighted by Gasteiger charge is 2.29. The lowest BCUT2D eigenvalue weighted by Crippen LogP contribution is -2.43. The minimum Gasteiger partial charge on any atom is -0.380 e. The number of pyridine rings is 1. The fourth-order valence-corrected chi connectivity index (χ4v) is 3.45. The minimum atomic E-state index is -0.0297. The summed E-state index contributed by atoms with van der Waals surface area (Å²) in [6.45, 7) is 1.02. The third-order valence-electron chi connectivity index (χ3n) is 5.48. The maximum atomic E-state index is 12.5. The van der Waals surface area contributed by atoms with E-state index in [1.165, 1.54) is 0 Å². The van der Waals surface area contributed by atoms with Crippen LogP contribution in [-0.2, 0) is 16.0 Å². The molecule has 1 fully saturated rings. The maximum Gasteiger partial charge on any atom is 0.234 e. The number of nitrogens with zero attached hydrogens (tertiary/aromatic N) is 2. The van der Waals surface area contributed by atoms with E-state index in [1.54, 1.807) is 24.3 Å². The Morgan fingerprint density at radius 1 is 1.00 bits per heavy atom. The zero-order chi connectivity index (χ0) is 20.9. The molecule has 0 radical (unpaired) electrons. The highest BCUT2D eigenvalue weighted by molar-refractivity contribution is 5.97. The van der Waals surface area contributed by atoms with Gasteiger partial charge in [-0.15, -0.1) is 0 Å². The van der Waals surface area contributed by atoms with Crippen molar-refractivity contribution in [2.24, 2.45) is 5.92 Å². The molecule has 1 aliphatic rings. The van der Waals surface area contributed by atoms with E-state index in [2.05, 4.69) is 4.98 Å². The van der Waals surface area contributed by atoms with Crippen LogP contribution in [0.3, 0.4) is 0 Å². The first kappa shape index (κ1) is 20.0. The highest BCUT2D eigenvalue weighted by atomic mass is 16.5. The second-order valence-electron chi connectivity index (χ2n) is 7.54. The summed E-state index contributed by atoms with van der Waals surface area (Å²) < 4.78 is 5.11. The number of benzene rings is 2. The standard InChI is InChI=1S/C25H24N2O3/c1-27(25(29)22-16-30-17-22)23-11-9-20(10-12-23)19-5-7-21(8-6-19)24(28)13-4-18-3-2-14-26-15-18/h2-3,5-12,14-15,22H,4,13,16-17H2,1H3. The lowest BCUT2D eigenvalue weighted by Gasteiger charge is -2.29. The van der Waals surface area contributed by atoms with Crippen LogP contribution >= 0.6 is 0 Å². The molecule has 0 atom stereocenters. The van der Waals surface area contributed by atoms with Crippen LogP contribution in [0.15, 0.2) is 73.1 Å². The molecule has 0 bridgehead atoms. The van der Waals surface area contributed by atoms with E-state index in [4.69, 9.17) is 4.74 Å². The van der Waals surface area contributed by atoms with Gasteiger partial charge in [0.2, 0.25) is 5.91 Å². The first-order valence-electron chi connectivity index (χ1n) is 10.1. The van der Waals surface area contributed by atoms with Crippen LogP contribution in [0.25, 0.3) is 11.1 Å². The maximum absolute atomic E-state index is 12.5. The van der Waals surface area contributed by atoms with Crippen molar-refractivity contribution in [2.75, 3.05) is 25.2 Å². The van der Waals surface area contributed by atoms with Gasteiger partial charge in [-0.2, -0.15) is 0 Å². The quantitative estimate of drug-likeness (QED) is 0.559. The van der Waals surface area contributed by atoms with Crippen LogP contribution in [0.2, 0.25) is 0 Å². The number of rotatable bonds is 7. The molecular formula is C25H24N2O3. The molecule has 5 nitrogen and oxygen atoms in total. The topological polar surface area (TPSA) is 59.5 Å². The van der Waals surface area contributed by atoms with Crippen LogP contribution in [0.4, 0.5) is 5.69 Å². The molecule has 5 heteroatoms. The van der Waals surface area contributed by atoms with Crippen molar-refractivity contribution in [1.29, 1.82) is 0 Å². The van der Waals surface area contributed by atoms with Crippen LogP contribution in [0.1, 0.15) is 22.3 Å². The number of hydrogen-bond acceptors (Lipinski definition) is 4. The summed E-state index contributed by atoms with van der Waals surface area (Å²) in [5.41, 5.74) is 4.72. The third-order valence-corrected chi connectivity index (χ3v) is 5.48. The summed E-state index contributed by atoms with van der Waals surface area (Å²) in [4.78, 5) is 30.6. The minimum absolute atomic E-state index is 0.0297. The molecule has 1 saturated heterocycles. The van der Waals surface area contributed by atoms with Gasteiger partial charge < -0.3 is 9.64 Å². The molecule has 2 heterocycles. The number of carbonyl (C=O) groups is 2. The van der Waals surface area contributed by atoms with E-state index in [1.807, 2.05) is 60.7 Å². The predicted molar refractivity (Wildman–Crippen MR) is 116 cm³/mol. The molecule has 1 aliphatic heterocycles. The Morgan fingerprint density at radius 2 is 1.67 bits per heavy atom. The van der Waals surface area contributed by atoms with E-state index in [-0.39, 0.29) is 17.6 Å². The number of amides is 1. The molecule has 0 saturated carbocycles. The van der Waals surface area contributed by atoms with Gasteiger partial charge in [-0.1, -0.05) is 42.5 Å². The van der Waals surface area contributed by atoms with Gasteiger partial charge in [-0.3, -0.25) is 14.6 Å². The van der Waals surface area contributed by atoms with Crippen LogP contribution in [0.5, 0.6) is 0 Å². The van der Waals surface area contributed by atoms with E-state index < -0.39 is 0 Å². The first-order valence-corrected chi connectivity index (χ1v) is 10.1. The summed E-state index contributed by atoms with van der Waals surface area (Å²) in [6.07, 6.45) is 4.68. The van der Waals surface area contributed by atoms with Gasteiger partial charge in [-0.25, -0.2) is 0 Å². The zero-order valence-corrected chi connectivity index (χ0v) is 17.0. The van der Waals surface area contributed by atoms with Crippen LogP contribution in [0, 0.1) is 5.92 Å². The molecule has 0 unspecified atom stereocenters. The van der Waals surface area contributed by atoms with Crippen molar-refractivity contribution in [3.63, 3.8) is 0 Å². The summed E-state index contributed by atoms with van der Waals surface area (Å²) in [6, 6.07) is 19.4. The molecule has 0 N–H and O–H groups in total. The number of aryl methyl sites for hydroxylation is 1. The summed E-state index contributed by atoms with van der Waals surface area (Å²) in [7, 11) is 1.79. The van der Waals surface area contributed by atoms with Crippen LogP contribution in [-0.4, -0.2) is 36.9 Å². The smallest absolute Gasteiger partial charge is 0.234 e. The van der Waals surface area contributed by atoms with Gasteiger partial charge in [0, 0.05) is 37.1 Å². The van der Waals surface area contributed by atoms with Gasteiger partial charge in [0.05, 0.1) is 19.1 Å². The zero-order valence-electron chi connectivity index (χ0n) is 17.0. The molecule has 3 aromatic rings. The Hall–Kier alpha value is -3.31. The third kappa shape index (κ3) is 4.47. The van der Waals surface area contributed by atoms with Crippen molar-refractivity contribution < 1.29 is 14.3 Å². The number of hydrogen-bond donors (Lipinski definition) is 0. The van der Waals surface area contributed by atoms with Gasteiger partial charge in [-0.05, 0) is 41.3 Å². The molecule has 4 rings (SSSR count). The fraction of sp³-hybridized carbons (Fsp3) is 0.240. The van der Waals surface area contributed by atoms with Crippen LogP contribution < -0.4 is 4.90 Å². The van der Waals surface area contributed by atoms with Crippen molar-refractivity contribution in [2.45, 2.75) is 12.8 Å². The predicted octanol–water partition coefficient (Wildman–Crippen LogP) is 4.17. The van der Waals surface area contributed by atoms with E-state index in [0.717, 1.165) is 22.4 Å². The second-order valence-corrected chi connectivity index (χ2v) is 7.54. The average molecular weight is 400 g/mol. The molecule has 152 valence electrons. The van der Waals surface area contributed by atoms with Crippen molar-refractivity contribution in [1.82, 2.24) is 4.98 Å². The number of aromatic nitrogens is 1. The van der Waals surface area contributed by atoms with Gasteiger partial charge in [0.25, 0.3) is 0 Å². The van der Waals surface area contributed by atoms with Gasteiger partial charge in [0.1, 0.15) is 0 Å². The molecule has 1 amide bonds. The second kappa shape index (κ2) is 9.01. The van der Waals surface area contributed by atoms with E-state index >= 15 is 0 Å². The van der Waals surface area contributed by atoms with Crippen molar-refractivity contribution in [3.05, 3.63) is 84.2 Å². The number of ketones is 1. The van der Waals surface area contributed by atoms with Gasteiger partial charge >= 0.3 is 0 Å². The number of carbonyl (C=O) groups excluding carboxylic acids is 2. The Bertz CT molecular complexity index is 1010. The summed E-state index contributed by atoms with van der Waals surface area (Å²) in [5, 5.41) is 0. The monoisotopic (exact) mass is 400 g/mol. The summed E-state index contributed by atoms with van der Waals surface area (Å²) >= 11 is 0. The first-order chi connectivity index (χ1) is 14.6. The fourth-order valence-electron chi connectivity index (χ4n) is 3.45. The number of Topliss-reactive ketones (excluding diaryl/α,β-unsaturated/α-hetero) is 1. The summed E-state index contributed by atoms with van der Waals surface area (Å²) in [5.74, 6) is 0.182. The van der Waals surface area contributed by atoms with E-state index in [0.29, 0.717) is 31.6 Å². The number of ether oxygens (including phenoxy) is 1. The van der Waals surface area contributed by atoms with E-state index in [9.17, 15) is 9.59 Å². The van der Waals surface area contributed by atoms with Crippen molar-refractivity contribution in [3.8, 4) is 11.1 Å². The van der Waals surface area contributed by atoms with Crippen molar-refractivity contribution >= 4 is 17.4 Å². The Balaban J connectivity index is 1.38. The lowest BCUT2D eigenvalue weighted by molar-refractivity contribution is -0.135. The molecule has 2 aromatic carbocycles. The molecular weight excluding hydrogens is 376 g/mol. The van der Waals surface area contributed by atoms with Gasteiger partial charge in [0.15, 0.2) is 5.78 Å². The Labute approximate surface area is 176 Å². The number of anilines is 1. The SMILES string of the molecule is CN(C(=O)C1COC1)c1ccc(-c2ccc(C(=O)CCc3cccnc3)cc2)cc1. The highest BCUT2D eigenvalue weighted by Crippen LogP contribution is 2.25. The lowest BCUT2D eigenvalue weighted by atomic mass is 9.99. The normalized spacial score (nSPS) is 13.5. The largest absolute Gasteiger partial charge is 0.380 e. The average Bonchev–Trinajstić information content (AvgIpc) is 2.76. The Kier molecular flexibility index (Phi) is 6.00. The molecule has 30 heavy (non-hydrogen) atoms. The molecule has 1 aromatic heterocycles.